The summed E-state index contributed by atoms with van der Waals surface area (Å²) >= 11 is 12.1. The molecule has 4 aromatic rings. The second kappa shape index (κ2) is 12.9. The topological polar surface area (TPSA) is 148 Å². The summed E-state index contributed by atoms with van der Waals surface area (Å²) in [4.78, 5) is 64.0. The molecule has 0 spiro atoms. The third-order valence-corrected chi connectivity index (χ3v) is 6.42. The Morgan fingerprint density at radius 2 is 1.10 bits per heavy atom. The minimum atomic E-state index is -2.35. The minimum Gasteiger partial charge on any atom is -0.478 e. The maximum absolute atomic E-state index is 13.2. The number of nitrogens with one attached hydrogen (secondary N) is 2. The van der Waals surface area contributed by atoms with Crippen molar-refractivity contribution in [3.05, 3.63) is 118 Å². The Bertz CT molecular complexity index is 1650. The first-order chi connectivity index (χ1) is 19.7. The smallest absolute Gasteiger partial charge is 0.349 e. The van der Waals surface area contributed by atoms with E-state index in [0.29, 0.717) is 5.39 Å². The van der Waals surface area contributed by atoms with Gasteiger partial charge in [-0.3, -0.25) is 20.4 Å². The molecule has 0 saturated heterocycles. The molecule has 0 heterocycles. The highest BCUT2D eigenvalue weighted by Crippen LogP contribution is 2.21. The van der Waals surface area contributed by atoms with E-state index in [2.05, 4.69) is 5.43 Å². The number of hydrazine groups is 1. The Morgan fingerprint density at radius 1 is 0.610 bits per heavy atom. The molecular formula is C29H20Cl2N2O8. The maximum atomic E-state index is 13.2. The molecule has 0 aliphatic rings. The molecule has 4 rings (SSSR count). The second-order valence-electron chi connectivity index (χ2n) is 8.42. The molecule has 0 unspecified atom stereocenters. The van der Waals surface area contributed by atoms with Gasteiger partial charge in [0.2, 0.25) is 12.2 Å². The normalized spacial score (nSPS) is 12.0. The van der Waals surface area contributed by atoms with Crippen LogP contribution in [-0.2, 0) is 19.1 Å². The van der Waals surface area contributed by atoms with Gasteiger partial charge in [0.25, 0.3) is 11.8 Å². The number of fused-ring (bicyclic) bond motifs is 1. The Labute approximate surface area is 242 Å². The predicted molar refractivity (Wildman–Crippen MR) is 149 cm³/mol. The van der Waals surface area contributed by atoms with Crippen LogP contribution in [0.15, 0.2) is 91.0 Å². The highest BCUT2D eigenvalue weighted by molar-refractivity contribution is 6.34. The molecule has 2 amide bonds. The summed E-state index contributed by atoms with van der Waals surface area (Å²) in [6.07, 6.45) is -4.62. The highest BCUT2D eigenvalue weighted by atomic mass is 35.5. The van der Waals surface area contributed by atoms with Gasteiger partial charge >= 0.3 is 17.9 Å². The van der Waals surface area contributed by atoms with Crippen LogP contribution in [-0.4, -0.2) is 47.0 Å². The van der Waals surface area contributed by atoms with E-state index in [0.717, 1.165) is 5.39 Å². The van der Waals surface area contributed by atoms with Gasteiger partial charge in [0.05, 0.1) is 21.2 Å². The van der Waals surface area contributed by atoms with Crippen molar-refractivity contribution in [2.45, 2.75) is 12.2 Å². The summed E-state index contributed by atoms with van der Waals surface area (Å²) in [7, 11) is 0. The third-order valence-electron chi connectivity index (χ3n) is 5.77. The molecule has 0 fully saturated rings. The lowest BCUT2D eigenvalue weighted by molar-refractivity contribution is -0.159. The van der Waals surface area contributed by atoms with Gasteiger partial charge in [0.1, 0.15) is 0 Å². The van der Waals surface area contributed by atoms with Crippen molar-refractivity contribution in [2.75, 3.05) is 0 Å². The van der Waals surface area contributed by atoms with Crippen LogP contribution in [0, 0.1) is 0 Å². The average molecular weight is 595 g/mol. The molecule has 41 heavy (non-hydrogen) atoms. The van der Waals surface area contributed by atoms with Crippen LogP contribution in [0.1, 0.15) is 31.1 Å². The molecule has 3 N–H and O–H groups in total. The van der Waals surface area contributed by atoms with Gasteiger partial charge in [-0.25, -0.2) is 14.4 Å². The fourth-order valence-electron chi connectivity index (χ4n) is 3.79. The number of hydrogen-bond acceptors (Lipinski definition) is 7. The molecule has 0 aliphatic heterocycles. The number of halogens is 2. The lowest BCUT2D eigenvalue weighted by Gasteiger charge is -2.24. The van der Waals surface area contributed by atoms with Crippen LogP contribution in [0.5, 0.6) is 0 Å². The molecule has 12 heteroatoms. The maximum Gasteiger partial charge on any atom is 0.349 e. The number of esters is 2. The number of carbonyl (C=O) groups excluding carboxylic acids is 4. The number of benzene rings is 4. The van der Waals surface area contributed by atoms with Gasteiger partial charge in [-0.05, 0) is 41.1 Å². The third kappa shape index (κ3) is 6.81. The monoisotopic (exact) mass is 594 g/mol. The van der Waals surface area contributed by atoms with Crippen molar-refractivity contribution in [3.8, 4) is 0 Å². The van der Waals surface area contributed by atoms with Crippen LogP contribution in [0.25, 0.3) is 10.8 Å². The second-order valence-corrected chi connectivity index (χ2v) is 9.23. The van der Waals surface area contributed by atoms with E-state index in [1.54, 1.807) is 36.4 Å². The first-order valence-electron chi connectivity index (χ1n) is 11.9. The zero-order valence-corrected chi connectivity index (χ0v) is 22.4. The molecule has 0 aliphatic carbocycles. The largest absolute Gasteiger partial charge is 0.478 e. The number of carboxylic acids is 1. The standard InChI is InChI=1S/C29H20Cl2N2O8/c30-21-14-5-3-11-19(21)28(38)40-23(24(27(36)37)41-29(39)20-12-4-6-15-22(20)31)26(35)33-32-25(34)18-13-7-9-16-8-1-2-10-17(16)18/h1-15,23-24H,(H,32,34)(H,33,35)(H,36,37)/t23-,24-/m1/s1. The summed E-state index contributed by atoms with van der Waals surface area (Å²) in [5.74, 6) is -6.26. The minimum absolute atomic E-state index is 0.0409. The Balaban J connectivity index is 1.60. The van der Waals surface area contributed by atoms with Crippen LogP contribution in [0.3, 0.4) is 0 Å². The van der Waals surface area contributed by atoms with Gasteiger partial charge < -0.3 is 14.6 Å². The Kier molecular flexibility index (Phi) is 9.18. The number of aliphatic carboxylic acids is 1. The summed E-state index contributed by atoms with van der Waals surface area (Å²) in [6.45, 7) is 0. The van der Waals surface area contributed by atoms with Gasteiger partial charge in [-0.1, -0.05) is 83.9 Å². The van der Waals surface area contributed by atoms with Crippen LogP contribution >= 0.6 is 23.2 Å². The number of carboxylic acid groups (broad SMARTS) is 1. The summed E-state index contributed by atoms with van der Waals surface area (Å²) in [6, 6.07) is 23.3. The molecule has 0 aromatic heterocycles. The average Bonchev–Trinajstić information content (AvgIpc) is 2.97. The van der Waals surface area contributed by atoms with Crippen molar-refractivity contribution < 1.29 is 38.6 Å². The number of carbonyl (C=O) groups is 5. The summed E-state index contributed by atoms with van der Waals surface area (Å²) < 4.78 is 10.3. The molecule has 208 valence electrons. The number of amides is 2. The Morgan fingerprint density at radius 3 is 1.68 bits per heavy atom. The molecule has 0 saturated carbocycles. The molecule has 2 atom stereocenters. The van der Waals surface area contributed by atoms with Gasteiger partial charge in [-0.15, -0.1) is 0 Å². The van der Waals surface area contributed by atoms with E-state index in [-0.39, 0.29) is 26.7 Å². The molecule has 10 nitrogen and oxygen atoms in total. The van der Waals surface area contributed by atoms with Crippen molar-refractivity contribution in [1.29, 1.82) is 0 Å². The molecular weight excluding hydrogens is 575 g/mol. The Hall–Kier alpha value is -4.93. The van der Waals surface area contributed by atoms with Crippen LogP contribution < -0.4 is 10.9 Å². The summed E-state index contributed by atoms with van der Waals surface area (Å²) in [5.41, 5.74) is 4.04. The van der Waals surface area contributed by atoms with Crippen LogP contribution in [0.4, 0.5) is 0 Å². The van der Waals surface area contributed by atoms with E-state index >= 15 is 0 Å². The molecule has 4 aromatic carbocycles. The van der Waals surface area contributed by atoms with Gasteiger partial charge in [0, 0.05) is 5.56 Å². The molecule has 0 radical (unpaired) electrons. The van der Waals surface area contributed by atoms with Crippen molar-refractivity contribution in [1.82, 2.24) is 10.9 Å². The van der Waals surface area contributed by atoms with E-state index < -0.39 is 41.9 Å². The van der Waals surface area contributed by atoms with E-state index in [9.17, 15) is 29.1 Å². The quantitative estimate of drug-likeness (QED) is 0.200. The fraction of sp³-hybridized carbons (Fsp3) is 0.0690. The number of rotatable bonds is 8. The zero-order valence-electron chi connectivity index (χ0n) is 20.9. The lowest BCUT2D eigenvalue weighted by atomic mass is 10.0. The summed E-state index contributed by atoms with van der Waals surface area (Å²) in [5, 5.41) is 11.1. The van der Waals surface area contributed by atoms with Crippen molar-refractivity contribution in [2.24, 2.45) is 0 Å². The van der Waals surface area contributed by atoms with E-state index in [4.69, 9.17) is 32.7 Å². The zero-order chi connectivity index (χ0) is 29.5. The van der Waals surface area contributed by atoms with Crippen molar-refractivity contribution >= 4 is 63.7 Å². The lowest BCUT2D eigenvalue weighted by Crippen LogP contribution is -2.54. The number of ether oxygens (including phenoxy) is 2. The highest BCUT2D eigenvalue weighted by Gasteiger charge is 2.41. The predicted octanol–water partition coefficient (Wildman–Crippen LogP) is 4.44. The van der Waals surface area contributed by atoms with E-state index in [1.807, 2.05) is 5.43 Å². The number of hydrogen-bond donors (Lipinski definition) is 3. The SMILES string of the molecule is O=C(O[C@@H](C(=O)O)[C@@H](OC(=O)c1ccccc1Cl)C(=O)NNC(=O)c1cccc2ccccc12)c1ccccc1Cl. The van der Waals surface area contributed by atoms with Gasteiger partial charge in [0.15, 0.2) is 0 Å². The van der Waals surface area contributed by atoms with E-state index in [1.165, 1.54) is 54.6 Å². The van der Waals surface area contributed by atoms with Crippen LogP contribution in [0.2, 0.25) is 10.0 Å². The first-order valence-corrected chi connectivity index (χ1v) is 12.6. The van der Waals surface area contributed by atoms with Crippen molar-refractivity contribution in [3.63, 3.8) is 0 Å². The molecule has 0 bridgehead atoms. The first kappa shape index (κ1) is 29.1. The van der Waals surface area contributed by atoms with Gasteiger partial charge in [-0.2, -0.15) is 0 Å². The fourth-order valence-corrected chi connectivity index (χ4v) is 4.21.